The van der Waals surface area contributed by atoms with Crippen molar-refractivity contribution in [1.82, 2.24) is 4.90 Å². The van der Waals surface area contributed by atoms with Crippen molar-refractivity contribution in [3.05, 3.63) is 0 Å². The predicted octanol–water partition coefficient (Wildman–Crippen LogP) is 0.555. The van der Waals surface area contributed by atoms with Crippen LogP contribution < -0.4 is 0 Å². The Bertz CT molecular complexity index is 152. The topological polar surface area (TPSA) is 40.5 Å². The normalized spacial score (nSPS) is 21.1. The van der Waals surface area contributed by atoms with Gasteiger partial charge in [0.05, 0.1) is 0 Å². The number of likely N-dealkylation sites (N-methyl/N-ethyl adjacent to an activating group) is 1. The predicted molar refractivity (Wildman–Crippen MR) is 37.9 cm³/mol. The molecule has 1 N–H and O–H groups in total. The molecule has 0 amide bonds. The first-order valence-corrected chi connectivity index (χ1v) is 3.58. The van der Waals surface area contributed by atoms with Crippen LogP contribution in [-0.2, 0) is 4.79 Å². The summed E-state index contributed by atoms with van der Waals surface area (Å²) >= 11 is 0. The summed E-state index contributed by atoms with van der Waals surface area (Å²) in [5.74, 6) is -0.670. The fourth-order valence-electron chi connectivity index (χ4n) is 1.18. The molecular weight excluding hydrogens is 130 g/mol. The zero-order valence-electron chi connectivity index (χ0n) is 6.42. The van der Waals surface area contributed by atoms with Crippen molar-refractivity contribution in [2.24, 2.45) is 0 Å². The summed E-state index contributed by atoms with van der Waals surface area (Å²) < 4.78 is 0. The number of hydrogen-bond acceptors (Lipinski definition) is 2. The van der Waals surface area contributed by atoms with E-state index in [1.54, 1.807) is 0 Å². The Kier molecular flexibility index (Phi) is 1.68. The molecule has 1 fully saturated rings. The van der Waals surface area contributed by atoms with E-state index in [9.17, 15) is 4.79 Å². The van der Waals surface area contributed by atoms with Crippen LogP contribution in [-0.4, -0.2) is 35.1 Å². The largest absolute Gasteiger partial charge is 0.480 e. The first kappa shape index (κ1) is 7.54. The third-order valence-corrected chi connectivity index (χ3v) is 2.33. The SMILES string of the molecule is CCN(C)C1(C(=O)O)CC1. The molecule has 3 heteroatoms. The van der Waals surface area contributed by atoms with E-state index >= 15 is 0 Å². The van der Waals surface area contributed by atoms with Gasteiger partial charge in [-0.2, -0.15) is 0 Å². The maximum atomic E-state index is 10.6. The molecule has 0 unspecified atom stereocenters. The van der Waals surface area contributed by atoms with Gasteiger partial charge in [-0.15, -0.1) is 0 Å². The van der Waals surface area contributed by atoms with Crippen LogP contribution in [0.5, 0.6) is 0 Å². The minimum atomic E-state index is -0.670. The quantitative estimate of drug-likeness (QED) is 0.627. The van der Waals surface area contributed by atoms with E-state index in [1.807, 2.05) is 18.9 Å². The molecule has 0 aromatic heterocycles. The Morgan fingerprint density at radius 2 is 2.20 bits per heavy atom. The van der Waals surface area contributed by atoms with Crippen LogP contribution in [0.3, 0.4) is 0 Å². The van der Waals surface area contributed by atoms with Crippen LogP contribution in [0.25, 0.3) is 0 Å². The zero-order valence-corrected chi connectivity index (χ0v) is 6.42. The molecule has 1 aliphatic rings. The van der Waals surface area contributed by atoms with E-state index in [1.165, 1.54) is 0 Å². The van der Waals surface area contributed by atoms with Gasteiger partial charge in [-0.05, 0) is 26.4 Å². The average molecular weight is 143 g/mol. The second-order valence-electron chi connectivity index (χ2n) is 2.85. The molecule has 0 saturated heterocycles. The monoisotopic (exact) mass is 143 g/mol. The average Bonchev–Trinajstić information content (AvgIpc) is 2.65. The summed E-state index contributed by atoms with van der Waals surface area (Å²) in [6.45, 7) is 2.79. The molecule has 58 valence electrons. The zero-order chi connectivity index (χ0) is 7.78. The molecule has 0 bridgehead atoms. The van der Waals surface area contributed by atoms with Crippen molar-refractivity contribution >= 4 is 5.97 Å². The molecule has 10 heavy (non-hydrogen) atoms. The summed E-state index contributed by atoms with van der Waals surface area (Å²) in [6.07, 6.45) is 1.62. The van der Waals surface area contributed by atoms with E-state index in [0.717, 1.165) is 19.4 Å². The van der Waals surface area contributed by atoms with Crippen LogP contribution in [0.2, 0.25) is 0 Å². The standard InChI is InChI=1S/C7H13NO2/c1-3-8(2)7(4-5-7)6(9)10/h3-5H2,1-2H3,(H,9,10). The Morgan fingerprint density at radius 1 is 1.70 bits per heavy atom. The van der Waals surface area contributed by atoms with E-state index in [2.05, 4.69) is 0 Å². The van der Waals surface area contributed by atoms with Crippen LogP contribution in [0, 0.1) is 0 Å². The van der Waals surface area contributed by atoms with Crippen molar-refractivity contribution in [3.8, 4) is 0 Å². The van der Waals surface area contributed by atoms with Gasteiger partial charge < -0.3 is 5.11 Å². The summed E-state index contributed by atoms with van der Waals surface area (Å²) in [4.78, 5) is 12.5. The van der Waals surface area contributed by atoms with Gasteiger partial charge in [0.1, 0.15) is 5.54 Å². The second-order valence-corrected chi connectivity index (χ2v) is 2.85. The second kappa shape index (κ2) is 2.23. The first-order chi connectivity index (χ1) is 4.63. The highest BCUT2D eigenvalue weighted by molar-refractivity contribution is 5.82. The third-order valence-electron chi connectivity index (χ3n) is 2.33. The minimum Gasteiger partial charge on any atom is -0.480 e. The lowest BCUT2D eigenvalue weighted by molar-refractivity contribution is -0.144. The number of rotatable bonds is 3. The van der Waals surface area contributed by atoms with Gasteiger partial charge >= 0.3 is 5.97 Å². The van der Waals surface area contributed by atoms with Crippen LogP contribution in [0.1, 0.15) is 19.8 Å². The molecule has 0 aliphatic heterocycles. The first-order valence-electron chi connectivity index (χ1n) is 3.58. The molecule has 0 radical (unpaired) electrons. The van der Waals surface area contributed by atoms with Crippen molar-refractivity contribution < 1.29 is 9.90 Å². The Balaban J connectivity index is 2.60. The van der Waals surface area contributed by atoms with Gasteiger partial charge in [-0.1, -0.05) is 6.92 Å². The van der Waals surface area contributed by atoms with Gasteiger partial charge in [-0.3, -0.25) is 9.69 Å². The fourth-order valence-corrected chi connectivity index (χ4v) is 1.18. The van der Waals surface area contributed by atoms with Crippen LogP contribution in [0.4, 0.5) is 0 Å². The maximum absolute atomic E-state index is 10.6. The van der Waals surface area contributed by atoms with Crippen molar-refractivity contribution in [2.75, 3.05) is 13.6 Å². The van der Waals surface area contributed by atoms with E-state index in [4.69, 9.17) is 5.11 Å². The molecule has 0 spiro atoms. The highest BCUT2D eigenvalue weighted by atomic mass is 16.4. The van der Waals surface area contributed by atoms with Crippen molar-refractivity contribution in [2.45, 2.75) is 25.3 Å². The lowest BCUT2D eigenvalue weighted by Crippen LogP contribution is -2.40. The van der Waals surface area contributed by atoms with Crippen molar-refractivity contribution in [3.63, 3.8) is 0 Å². The smallest absolute Gasteiger partial charge is 0.324 e. The molecule has 1 rings (SSSR count). The molecule has 0 heterocycles. The lowest BCUT2D eigenvalue weighted by atomic mass is 10.2. The summed E-state index contributed by atoms with van der Waals surface area (Å²) in [5.41, 5.74) is -0.491. The number of carboxylic acid groups (broad SMARTS) is 1. The fraction of sp³-hybridized carbons (Fsp3) is 0.857. The van der Waals surface area contributed by atoms with Crippen LogP contribution >= 0.6 is 0 Å². The molecule has 1 aliphatic carbocycles. The summed E-state index contributed by atoms with van der Waals surface area (Å²) in [5, 5.41) is 8.76. The highest BCUT2D eigenvalue weighted by Gasteiger charge is 2.53. The number of nitrogens with zero attached hydrogens (tertiary/aromatic N) is 1. The molecule has 1 saturated carbocycles. The van der Waals surface area contributed by atoms with E-state index < -0.39 is 11.5 Å². The molecule has 0 atom stereocenters. The molecular formula is C7H13NO2. The van der Waals surface area contributed by atoms with Gasteiger partial charge in [0.2, 0.25) is 0 Å². The van der Waals surface area contributed by atoms with Gasteiger partial charge in [-0.25, -0.2) is 0 Å². The van der Waals surface area contributed by atoms with Gasteiger partial charge in [0, 0.05) is 0 Å². The van der Waals surface area contributed by atoms with Crippen molar-refractivity contribution in [1.29, 1.82) is 0 Å². The summed E-state index contributed by atoms with van der Waals surface area (Å²) in [7, 11) is 1.86. The highest BCUT2D eigenvalue weighted by Crippen LogP contribution is 2.40. The van der Waals surface area contributed by atoms with Gasteiger partial charge in [0.15, 0.2) is 0 Å². The van der Waals surface area contributed by atoms with E-state index in [-0.39, 0.29) is 0 Å². The minimum absolute atomic E-state index is 0.491. The molecule has 3 nitrogen and oxygen atoms in total. The Hall–Kier alpha value is -0.570. The number of carbonyl (C=O) groups is 1. The summed E-state index contributed by atoms with van der Waals surface area (Å²) in [6, 6.07) is 0. The Labute approximate surface area is 60.6 Å². The third kappa shape index (κ3) is 0.904. The number of aliphatic carboxylic acids is 1. The number of hydrogen-bond donors (Lipinski definition) is 1. The lowest BCUT2D eigenvalue weighted by Gasteiger charge is -2.21. The molecule has 0 aromatic carbocycles. The Morgan fingerprint density at radius 3 is 2.30 bits per heavy atom. The maximum Gasteiger partial charge on any atom is 0.324 e. The van der Waals surface area contributed by atoms with Crippen LogP contribution in [0.15, 0.2) is 0 Å². The van der Waals surface area contributed by atoms with Gasteiger partial charge in [0.25, 0.3) is 0 Å². The number of carboxylic acids is 1. The molecule has 0 aromatic rings. The van der Waals surface area contributed by atoms with E-state index in [0.29, 0.717) is 0 Å².